The molecule has 0 unspecified atom stereocenters. The van der Waals surface area contributed by atoms with Gasteiger partial charge in [-0.15, -0.1) is 0 Å². The monoisotopic (exact) mass is 1590 g/mol. The van der Waals surface area contributed by atoms with Crippen molar-refractivity contribution < 1.29 is 44.3 Å². The molecule has 0 spiro atoms. The van der Waals surface area contributed by atoms with Gasteiger partial charge in [-0.3, -0.25) is 0 Å². The first kappa shape index (κ1) is 80.0. The quantitative estimate of drug-likeness (QED) is 0.142. The van der Waals surface area contributed by atoms with Crippen LogP contribution in [0.4, 0.5) is 0 Å². The Hall–Kier alpha value is -11.4. The molecule has 0 aliphatic rings. The van der Waals surface area contributed by atoms with E-state index < -0.39 is 20.6 Å². The number of nitrogens with zero attached hydrogens (tertiary/aromatic N) is 7. The molecule has 616 valence electrons. The summed E-state index contributed by atoms with van der Waals surface area (Å²) in [6.07, 6.45) is 3.93. The summed E-state index contributed by atoms with van der Waals surface area (Å²) in [6.45, 7) is 46.5. The van der Waals surface area contributed by atoms with Crippen LogP contribution < -0.4 is 32.0 Å². The molecule has 0 bridgehead atoms. The van der Waals surface area contributed by atoms with Gasteiger partial charge in [0.15, 0.2) is 40.9 Å². The number of aryl methyl sites for hydroxylation is 26. The van der Waals surface area contributed by atoms with Crippen molar-refractivity contribution in [1.82, 2.24) is 0 Å². The zero-order valence-corrected chi connectivity index (χ0v) is 77.8. The Labute approximate surface area is 731 Å². The number of pyridine rings is 7. The maximum atomic E-state index is 7.65. The fourth-order valence-electron chi connectivity index (χ4n) is 15.8. The number of benzene rings is 7. The molecule has 0 radical (unpaired) electrons. The van der Waals surface area contributed by atoms with Crippen molar-refractivity contribution in [2.75, 3.05) is 0 Å². The third-order valence-corrected chi connectivity index (χ3v) is 24.3. The summed E-state index contributed by atoms with van der Waals surface area (Å²) in [5, 5.41) is 0. The van der Waals surface area contributed by atoms with Gasteiger partial charge < -0.3 is 0 Å². The minimum Gasteiger partial charge on any atom is -0.201 e. The van der Waals surface area contributed by atoms with Crippen LogP contribution in [0.5, 0.6) is 0 Å². The van der Waals surface area contributed by atoms with E-state index >= 15 is 0 Å². The first-order valence-corrected chi connectivity index (χ1v) is 41.6. The highest BCUT2D eigenvalue weighted by Crippen LogP contribution is 2.33. The molecule has 7 aromatic heterocycles. The lowest BCUT2D eigenvalue weighted by molar-refractivity contribution is -0.667. The van der Waals surface area contributed by atoms with E-state index in [1.165, 1.54) is 151 Å². The molecule has 0 amide bonds. The number of rotatable bonds is 7. The molecule has 7 nitrogen and oxygen atoms in total. The first-order chi connectivity index (χ1) is 59.7. The van der Waals surface area contributed by atoms with Crippen LogP contribution >= 0.6 is 0 Å². The average Bonchev–Trinajstić information content (AvgIpc) is 0.821. The van der Waals surface area contributed by atoms with Gasteiger partial charge in [0, 0.05) is 156 Å². The SMILES string of the molecule is Cc1cc(-c2c(C)cccc2C)[n+](C)cc1C.Cc1ccc(-c2c(C)ccc(C)[n+]2C)c(C)c1.Cc1cccc(-c2c(C)ccc(C)[n+]2C)c1C.Cc1cccc(-c2c(C)ccc(C)[n+]2C)c1C.[2H]C([2H])([2H])c1c[n+](C)c(-c2c(C)cccc2C)cc1C.[2H]C([2H])([2H])c1cccc(-c2c(C)ccc(C)[n+]2C)c1C.[2H]C([2H])([2H])c1cccc(-c2c(C)ccc(C)[n+]2C)c1C. The summed E-state index contributed by atoms with van der Waals surface area (Å²) in [6, 6.07) is 69.0. The molecule has 0 saturated heterocycles. The second-order valence-corrected chi connectivity index (χ2v) is 33.1. The smallest absolute Gasteiger partial charge is 0.201 e. The molecule has 7 aromatic carbocycles. The zero-order valence-electron chi connectivity index (χ0n) is 86.8. The summed E-state index contributed by atoms with van der Waals surface area (Å²) in [4.78, 5) is 0. The van der Waals surface area contributed by atoms with Crippen molar-refractivity contribution in [2.24, 2.45) is 49.3 Å². The molecule has 14 rings (SSSR count). The van der Waals surface area contributed by atoms with Crippen molar-refractivity contribution in [3.8, 4) is 78.8 Å². The summed E-state index contributed by atoms with van der Waals surface area (Å²) in [5.74, 6) is 0. The normalized spacial score (nSPS) is 12.1. The average molecular weight is 1590 g/mol. The highest BCUT2D eigenvalue weighted by Gasteiger charge is 2.25. The second kappa shape index (κ2) is 40.8. The minimum atomic E-state index is -2.07. The van der Waals surface area contributed by atoms with Crippen LogP contribution in [0.15, 0.2) is 213 Å². The highest BCUT2D eigenvalue weighted by atomic mass is 15.0. The summed E-state index contributed by atoms with van der Waals surface area (Å²) >= 11 is 0. The minimum absolute atomic E-state index is 0.412. The van der Waals surface area contributed by atoms with E-state index in [4.69, 9.17) is 12.3 Å². The zero-order chi connectivity index (χ0) is 95.5. The van der Waals surface area contributed by atoms with E-state index in [0.717, 1.165) is 67.4 Å². The predicted molar refractivity (Wildman–Crippen MR) is 504 cm³/mol. The van der Waals surface area contributed by atoms with E-state index in [2.05, 4.69) is 352 Å². The first-order valence-electron chi connectivity index (χ1n) is 46.1. The van der Waals surface area contributed by atoms with E-state index in [1.54, 1.807) is 18.3 Å². The fourth-order valence-corrected chi connectivity index (χ4v) is 15.8. The van der Waals surface area contributed by atoms with Crippen LogP contribution in [-0.2, 0) is 49.3 Å². The van der Waals surface area contributed by atoms with Crippen LogP contribution in [0.2, 0.25) is 0 Å². The molecule has 119 heavy (non-hydrogen) atoms. The van der Waals surface area contributed by atoms with Crippen LogP contribution in [-0.4, -0.2) is 0 Å². The van der Waals surface area contributed by atoms with Gasteiger partial charge in [-0.2, -0.15) is 22.8 Å². The number of hydrogen-bond acceptors (Lipinski definition) is 0. The van der Waals surface area contributed by atoms with Gasteiger partial charge in [0.2, 0.25) is 39.9 Å². The molecule has 14 aromatic rings. The Balaban J connectivity index is 0.000000185. The third-order valence-electron chi connectivity index (χ3n) is 24.3. The van der Waals surface area contributed by atoms with Crippen molar-refractivity contribution >= 4 is 0 Å². The van der Waals surface area contributed by atoms with Crippen molar-refractivity contribution in [3.63, 3.8) is 0 Å². The van der Waals surface area contributed by atoms with Gasteiger partial charge >= 0.3 is 0 Å². The van der Waals surface area contributed by atoms with Gasteiger partial charge in [0.05, 0.1) is 11.1 Å². The molecule has 0 aliphatic carbocycles. The Bertz CT molecular complexity index is 6160. The number of aromatic nitrogens is 7. The number of hydrogen-bond donors (Lipinski definition) is 0. The van der Waals surface area contributed by atoms with E-state index in [-0.39, 0.29) is 0 Å². The van der Waals surface area contributed by atoms with E-state index in [9.17, 15) is 0 Å². The molecular formula is C112H140N7+7. The lowest BCUT2D eigenvalue weighted by Crippen LogP contribution is -2.35. The lowest BCUT2D eigenvalue weighted by atomic mass is 9.97. The van der Waals surface area contributed by atoms with Crippen LogP contribution in [0, 0.1) is 194 Å². The van der Waals surface area contributed by atoms with Crippen LogP contribution in [0.25, 0.3) is 78.8 Å². The van der Waals surface area contributed by atoms with E-state index in [1.807, 2.05) is 96.7 Å². The van der Waals surface area contributed by atoms with Gasteiger partial charge in [-0.1, -0.05) is 103 Å². The standard InChI is InChI=1S/7C16H20N/c1-11-6-9-15(13(3)10-11)16-12(2)7-8-14(4)17(16)5;2*1-11-7-6-8-12(2)16(11)15-9-13(3)14(4)10-17(15)5;4*1-11-7-6-8-15(14(11)4)16-12(2)9-10-13(3)17(16)5/h7*6-10H,1-5H3/q7*+1/i;4D3;;2*1D3;;. The second-order valence-electron chi connectivity index (χ2n) is 33.1. The van der Waals surface area contributed by atoms with Crippen LogP contribution in [0.1, 0.15) is 169 Å². The van der Waals surface area contributed by atoms with Gasteiger partial charge in [-0.25, -0.2) is 9.13 Å². The molecule has 0 fully saturated rings. The van der Waals surface area contributed by atoms with Crippen molar-refractivity contribution in [3.05, 3.63) is 369 Å². The Morgan fingerprint density at radius 1 is 0.193 bits per heavy atom. The largest absolute Gasteiger partial charge is 0.215 e. The van der Waals surface area contributed by atoms with Gasteiger partial charge in [0.1, 0.15) is 49.3 Å². The molecular weight excluding hydrogens is 1440 g/mol. The Morgan fingerprint density at radius 3 is 0.723 bits per heavy atom. The topological polar surface area (TPSA) is 27.2 Å². The lowest BCUT2D eigenvalue weighted by Gasteiger charge is -2.10. The van der Waals surface area contributed by atoms with Gasteiger partial charge in [0.25, 0.3) is 0 Å². The molecule has 7 heteroatoms. The fraction of sp³-hybridized carbons (Fsp3) is 0.312. The maximum Gasteiger partial charge on any atom is 0.215 e. The Morgan fingerprint density at radius 2 is 0.437 bits per heavy atom. The molecule has 0 saturated carbocycles. The molecule has 0 N–H and O–H groups in total. The van der Waals surface area contributed by atoms with Crippen molar-refractivity contribution in [2.45, 2.75) is 194 Å². The maximum absolute atomic E-state index is 7.65. The molecule has 7 heterocycles. The van der Waals surface area contributed by atoms with E-state index in [0.29, 0.717) is 16.7 Å². The summed E-state index contributed by atoms with van der Waals surface area (Å²) < 4.78 is 83.8. The summed E-state index contributed by atoms with van der Waals surface area (Å²) in [7, 11) is 14.5. The highest BCUT2D eigenvalue weighted by molar-refractivity contribution is 5.71. The summed E-state index contributed by atoms with van der Waals surface area (Å²) in [5.41, 5.74) is 49.0. The third kappa shape index (κ3) is 21.9. The van der Waals surface area contributed by atoms with Gasteiger partial charge in [-0.05, 0) is 303 Å². The Kier molecular flexibility index (Phi) is 27.5. The van der Waals surface area contributed by atoms with Crippen LogP contribution in [0.3, 0.4) is 0 Å². The molecule has 0 atom stereocenters. The molecule has 0 aliphatic heterocycles. The van der Waals surface area contributed by atoms with Crippen molar-refractivity contribution in [1.29, 1.82) is 0 Å². The predicted octanol–water partition coefficient (Wildman–Crippen LogP) is 23.9.